The Morgan fingerprint density at radius 1 is 1.29 bits per heavy atom. The molecular weight excluding hydrogens is 446 g/mol. The van der Waals surface area contributed by atoms with E-state index in [1.165, 1.54) is 13.2 Å². The number of anilines is 1. The van der Waals surface area contributed by atoms with Gasteiger partial charge in [-0.15, -0.1) is 0 Å². The summed E-state index contributed by atoms with van der Waals surface area (Å²) in [6.45, 7) is 1.71. The number of ether oxygens (including phenoxy) is 2. The zero-order valence-corrected chi connectivity index (χ0v) is 17.4. The Bertz CT molecular complexity index is 1020. The fraction of sp³-hybridized carbons (Fsp3) is 0.150. The molecule has 0 bridgehead atoms. The molecule has 2 aromatic rings. The minimum atomic E-state index is -0.571. The molecule has 0 heterocycles. The highest BCUT2D eigenvalue weighted by molar-refractivity contribution is 9.10. The van der Waals surface area contributed by atoms with Gasteiger partial charge in [0.25, 0.3) is 5.91 Å². The number of aryl methyl sites for hydroxylation is 1. The van der Waals surface area contributed by atoms with Crippen LogP contribution in [0.25, 0.3) is 6.08 Å². The summed E-state index contributed by atoms with van der Waals surface area (Å²) in [6.07, 6.45) is 1.42. The lowest BCUT2D eigenvalue weighted by atomic mass is 10.1. The third-order valence-electron chi connectivity index (χ3n) is 3.67. The molecule has 2 rings (SSSR count). The molecule has 1 amide bonds. The predicted molar refractivity (Wildman–Crippen MR) is 110 cm³/mol. The van der Waals surface area contributed by atoms with Crippen molar-refractivity contribution in [3.63, 3.8) is 0 Å². The number of halogens is 2. The zero-order valence-electron chi connectivity index (χ0n) is 15.0. The maximum Gasteiger partial charge on any atom is 0.266 e. The lowest BCUT2D eigenvalue weighted by Crippen LogP contribution is -2.13. The topological polar surface area (TPSA) is 95.1 Å². The number of carbonyl (C=O) groups excluding carboxylic acids is 1. The SMILES string of the molecule is COc1cc(/C=C(/C#N)C(=O)Nc2ccc(C)c(Cl)c2)c(Br)cc1OCC#N. The number of methoxy groups -OCH3 is 1. The average molecular weight is 461 g/mol. The van der Waals surface area contributed by atoms with Crippen molar-refractivity contribution in [1.29, 1.82) is 10.5 Å². The lowest BCUT2D eigenvalue weighted by molar-refractivity contribution is -0.112. The molecule has 1 N–H and O–H groups in total. The Hall–Kier alpha value is -3.00. The van der Waals surface area contributed by atoms with E-state index in [1.54, 1.807) is 30.3 Å². The molecule has 0 unspecified atom stereocenters. The monoisotopic (exact) mass is 459 g/mol. The van der Waals surface area contributed by atoms with Crippen molar-refractivity contribution in [3.05, 3.63) is 56.5 Å². The van der Waals surface area contributed by atoms with Gasteiger partial charge in [0, 0.05) is 15.2 Å². The van der Waals surface area contributed by atoms with E-state index in [0.29, 0.717) is 32.2 Å². The van der Waals surface area contributed by atoms with E-state index in [1.807, 2.05) is 19.1 Å². The maximum absolute atomic E-state index is 12.5. The first-order chi connectivity index (χ1) is 13.4. The van der Waals surface area contributed by atoms with Crippen molar-refractivity contribution in [2.45, 2.75) is 6.92 Å². The van der Waals surface area contributed by atoms with Gasteiger partial charge in [0.15, 0.2) is 18.1 Å². The largest absolute Gasteiger partial charge is 0.493 e. The van der Waals surface area contributed by atoms with Gasteiger partial charge in [-0.05, 0) is 48.4 Å². The second kappa shape index (κ2) is 9.80. The van der Waals surface area contributed by atoms with Crippen molar-refractivity contribution in [1.82, 2.24) is 0 Å². The van der Waals surface area contributed by atoms with Gasteiger partial charge in [0.1, 0.15) is 17.7 Å². The predicted octanol–water partition coefficient (Wildman–Crippen LogP) is 4.87. The van der Waals surface area contributed by atoms with Crippen LogP contribution >= 0.6 is 27.5 Å². The van der Waals surface area contributed by atoms with Crippen molar-refractivity contribution in [2.75, 3.05) is 19.0 Å². The molecule has 2 aromatic carbocycles. The number of rotatable bonds is 6. The summed E-state index contributed by atoms with van der Waals surface area (Å²) in [5, 5.41) is 21.2. The Labute approximate surface area is 176 Å². The zero-order chi connectivity index (χ0) is 20.7. The third-order valence-corrected chi connectivity index (χ3v) is 4.76. The number of hydrogen-bond acceptors (Lipinski definition) is 5. The highest BCUT2D eigenvalue weighted by Gasteiger charge is 2.14. The van der Waals surface area contributed by atoms with Crippen LogP contribution in [-0.4, -0.2) is 19.6 Å². The Balaban J connectivity index is 2.32. The molecule has 0 fully saturated rings. The first-order valence-corrected chi connectivity index (χ1v) is 9.13. The van der Waals surface area contributed by atoms with Crippen molar-refractivity contribution in [3.8, 4) is 23.6 Å². The van der Waals surface area contributed by atoms with Crippen LogP contribution in [-0.2, 0) is 4.79 Å². The molecule has 6 nitrogen and oxygen atoms in total. The molecular formula is C20H15BrClN3O3. The molecule has 0 aliphatic carbocycles. The van der Waals surface area contributed by atoms with Gasteiger partial charge in [0.2, 0.25) is 0 Å². The van der Waals surface area contributed by atoms with Gasteiger partial charge in [-0.1, -0.05) is 33.6 Å². The molecule has 142 valence electrons. The van der Waals surface area contributed by atoms with E-state index in [4.69, 9.17) is 26.3 Å². The molecule has 0 spiro atoms. The Morgan fingerprint density at radius 2 is 2.04 bits per heavy atom. The van der Waals surface area contributed by atoms with Crippen LogP contribution in [0, 0.1) is 29.6 Å². The number of nitriles is 2. The Kier molecular flexibility index (Phi) is 7.45. The summed E-state index contributed by atoms with van der Waals surface area (Å²) in [6, 6.07) is 12.1. The average Bonchev–Trinajstić information content (AvgIpc) is 2.68. The van der Waals surface area contributed by atoms with Crippen LogP contribution in [0.1, 0.15) is 11.1 Å². The number of nitrogens with one attached hydrogen (secondary N) is 1. The van der Waals surface area contributed by atoms with E-state index >= 15 is 0 Å². The van der Waals surface area contributed by atoms with Crippen LogP contribution in [0.2, 0.25) is 5.02 Å². The highest BCUT2D eigenvalue weighted by atomic mass is 79.9. The fourth-order valence-corrected chi connectivity index (χ4v) is 2.83. The van der Waals surface area contributed by atoms with Gasteiger partial charge in [-0.3, -0.25) is 4.79 Å². The van der Waals surface area contributed by atoms with Gasteiger partial charge < -0.3 is 14.8 Å². The van der Waals surface area contributed by atoms with Crippen LogP contribution < -0.4 is 14.8 Å². The van der Waals surface area contributed by atoms with Crippen LogP contribution in [0.5, 0.6) is 11.5 Å². The van der Waals surface area contributed by atoms with Crippen LogP contribution in [0.3, 0.4) is 0 Å². The van der Waals surface area contributed by atoms with Crippen molar-refractivity contribution in [2.24, 2.45) is 0 Å². The molecule has 0 saturated carbocycles. The Morgan fingerprint density at radius 3 is 2.64 bits per heavy atom. The molecule has 0 aliphatic rings. The minimum Gasteiger partial charge on any atom is -0.493 e. The highest BCUT2D eigenvalue weighted by Crippen LogP contribution is 2.34. The second-order valence-corrected chi connectivity index (χ2v) is 6.82. The van der Waals surface area contributed by atoms with Crippen LogP contribution in [0.15, 0.2) is 40.4 Å². The summed E-state index contributed by atoms with van der Waals surface area (Å²) in [4.78, 5) is 12.5. The molecule has 0 aromatic heterocycles. The maximum atomic E-state index is 12.5. The number of hydrogen-bond donors (Lipinski definition) is 1. The van der Waals surface area contributed by atoms with Gasteiger partial charge in [-0.2, -0.15) is 10.5 Å². The molecule has 0 atom stereocenters. The van der Waals surface area contributed by atoms with E-state index in [2.05, 4.69) is 21.2 Å². The van der Waals surface area contributed by atoms with E-state index in [-0.39, 0.29) is 12.2 Å². The van der Waals surface area contributed by atoms with Crippen molar-refractivity contribution >= 4 is 45.2 Å². The van der Waals surface area contributed by atoms with Gasteiger partial charge in [0.05, 0.1) is 7.11 Å². The van der Waals surface area contributed by atoms with Crippen LogP contribution in [0.4, 0.5) is 5.69 Å². The second-order valence-electron chi connectivity index (χ2n) is 5.56. The van der Waals surface area contributed by atoms with E-state index < -0.39 is 5.91 Å². The van der Waals surface area contributed by atoms with Crippen molar-refractivity contribution < 1.29 is 14.3 Å². The summed E-state index contributed by atoms with van der Waals surface area (Å²) in [7, 11) is 1.45. The normalized spacial score (nSPS) is 10.6. The summed E-state index contributed by atoms with van der Waals surface area (Å²) >= 11 is 9.43. The fourth-order valence-electron chi connectivity index (χ4n) is 2.22. The van der Waals surface area contributed by atoms with E-state index in [0.717, 1.165) is 5.56 Å². The standard InChI is InChI=1S/C20H15BrClN3O3/c1-12-3-4-15(9-17(12)22)25-20(26)14(11-24)7-13-8-18(27-2)19(10-16(13)21)28-6-5-23/h3-4,7-10H,6H2,1-2H3,(H,25,26)/b14-7-. The first-order valence-electron chi connectivity index (χ1n) is 7.96. The lowest BCUT2D eigenvalue weighted by Gasteiger charge is -2.11. The molecule has 0 radical (unpaired) electrons. The minimum absolute atomic E-state index is 0.106. The third kappa shape index (κ3) is 5.26. The smallest absolute Gasteiger partial charge is 0.266 e. The molecule has 8 heteroatoms. The van der Waals surface area contributed by atoms with E-state index in [9.17, 15) is 10.1 Å². The molecule has 0 saturated heterocycles. The summed E-state index contributed by atoms with van der Waals surface area (Å²) in [5.41, 5.74) is 1.80. The van der Waals surface area contributed by atoms with Gasteiger partial charge >= 0.3 is 0 Å². The number of nitrogens with zero attached hydrogens (tertiary/aromatic N) is 2. The molecule has 28 heavy (non-hydrogen) atoms. The number of carbonyl (C=O) groups is 1. The summed E-state index contributed by atoms with van der Waals surface area (Å²) in [5.74, 6) is 0.163. The quantitative estimate of drug-likeness (QED) is 0.490. The molecule has 0 aliphatic heterocycles. The number of benzene rings is 2. The summed E-state index contributed by atoms with van der Waals surface area (Å²) < 4.78 is 11.1. The number of amides is 1. The first kappa shape index (κ1) is 21.3. The van der Waals surface area contributed by atoms with Gasteiger partial charge in [-0.25, -0.2) is 0 Å².